The van der Waals surface area contributed by atoms with Gasteiger partial charge in [-0.25, -0.2) is 10.5 Å². The van der Waals surface area contributed by atoms with Crippen LogP contribution in [-0.2, 0) is 11.3 Å². The second-order valence-corrected chi connectivity index (χ2v) is 4.18. The first-order chi connectivity index (χ1) is 9.13. The zero-order valence-electron chi connectivity index (χ0n) is 10.3. The van der Waals surface area contributed by atoms with Gasteiger partial charge in [-0.15, -0.1) is 0 Å². The van der Waals surface area contributed by atoms with E-state index in [1.165, 1.54) is 0 Å². The van der Waals surface area contributed by atoms with Crippen LogP contribution >= 0.6 is 11.6 Å². The second kappa shape index (κ2) is 5.85. The molecule has 0 saturated heterocycles. The maximum absolute atomic E-state index is 11.0. The first-order valence-electron chi connectivity index (χ1n) is 5.73. The van der Waals surface area contributed by atoms with Gasteiger partial charge in [0.05, 0.1) is 12.0 Å². The number of fused-ring (bicyclic) bond motifs is 1. The summed E-state index contributed by atoms with van der Waals surface area (Å²) in [5.74, 6) is -0.0522. The number of carbonyl (C=O) groups excluding carboxylic acids is 1. The number of amides is 1. The zero-order chi connectivity index (χ0) is 13.8. The third-order valence-corrected chi connectivity index (χ3v) is 2.65. The van der Waals surface area contributed by atoms with Crippen LogP contribution in [0, 0.1) is 0 Å². The van der Waals surface area contributed by atoms with Gasteiger partial charge in [0.25, 0.3) is 0 Å². The van der Waals surface area contributed by atoms with Crippen molar-refractivity contribution < 1.29 is 14.7 Å². The molecular formula is C11H13ClN4O3. The molecule has 0 atom stereocenters. The first-order valence-corrected chi connectivity index (χ1v) is 6.11. The lowest BCUT2D eigenvalue weighted by Gasteiger charge is -2.02. The maximum Gasteiger partial charge on any atom is 0.245 e. The van der Waals surface area contributed by atoms with Crippen LogP contribution < -0.4 is 10.2 Å². The second-order valence-electron chi connectivity index (χ2n) is 3.79. The Kier molecular flexibility index (Phi) is 4.18. The van der Waals surface area contributed by atoms with Crippen LogP contribution in [-0.4, -0.2) is 32.5 Å². The molecule has 2 heterocycles. The predicted molar refractivity (Wildman–Crippen MR) is 68.3 cm³/mol. The third-order valence-electron chi connectivity index (χ3n) is 2.46. The summed E-state index contributed by atoms with van der Waals surface area (Å²) in [6.07, 6.45) is 1.85. The summed E-state index contributed by atoms with van der Waals surface area (Å²) in [5, 5.41) is 13.7. The molecule has 2 N–H and O–H groups in total. The molecule has 0 bridgehead atoms. The smallest absolute Gasteiger partial charge is 0.245 e. The summed E-state index contributed by atoms with van der Waals surface area (Å²) in [4.78, 5) is 15.0. The van der Waals surface area contributed by atoms with Crippen LogP contribution in [0.1, 0.15) is 13.3 Å². The maximum atomic E-state index is 11.0. The number of aryl methyl sites for hydroxylation is 1. The van der Waals surface area contributed by atoms with E-state index in [-0.39, 0.29) is 6.42 Å². The largest absolute Gasteiger partial charge is 0.477 e. The number of pyridine rings is 1. The molecule has 1 amide bonds. The molecule has 0 fully saturated rings. The minimum absolute atomic E-state index is 0.121. The molecule has 0 aliphatic heterocycles. The molecule has 19 heavy (non-hydrogen) atoms. The van der Waals surface area contributed by atoms with Crippen LogP contribution in [0.5, 0.6) is 5.88 Å². The van der Waals surface area contributed by atoms with Gasteiger partial charge >= 0.3 is 0 Å². The van der Waals surface area contributed by atoms with Gasteiger partial charge in [-0.05, 0) is 6.92 Å². The van der Waals surface area contributed by atoms with Crippen molar-refractivity contribution in [2.24, 2.45) is 0 Å². The fourth-order valence-electron chi connectivity index (χ4n) is 1.64. The van der Waals surface area contributed by atoms with E-state index in [0.29, 0.717) is 29.7 Å². The number of aromatic nitrogens is 3. The van der Waals surface area contributed by atoms with E-state index in [4.69, 9.17) is 21.5 Å². The van der Waals surface area contributed by atoms with Gasteiger partial charge in [0.1, 0.15) is 10.7 Å². The number of carbonyl (C=O) groups is 1. The highest BCUT2D eigenvalue weighted by Gasteiger charge is 2.11. The Hall–Kier alpha value is -1.86. The van der Waals surface area contributed by atoms with Crippen LogP contribution in [0.15, 0.2) is 12.3 Å². The van der Waals surface area contributed by atoms with E-state index >= 15 is 0 Å². The summed E-state index contributed by atoms with van der Waals surface area (Å²) in [6, 6.07) is 1.63. The molecule has 2 aromatic heterocycles. The van der Waals surface area contributed by atoms with E-state index in [9.17, 15) is 4.79 Å². The van der Waals surface area contributed by atoms with Gasteiger partial charge in [0.15, 0.2) is 0 Å². The highest BCUT2D eigenvalue weighted by molar-refractivity contribution is 6.30. The van der Waals surface area contributed by atoms with Crippen LogP contribution in [0.25, 0.3) is 10.9 Å². The number of hydrogen-bond donors (Lipinski definition) is 2. The molecule has 2 aromatic rings. The fourth-order valence-corrected chi connectivity index (χ4v) is 1.82. The lowest BCUT2D eigenvalue weighted by atomic mass is 10.3. The van der Waals surface area contributed by atoms with Crippen molar-refractivity contribution >= 4 is 28.4 Å². The Morgan fingerprint density at radius 3 is 3.11 bits per heavy atom. The van der Waals surface area contributed by atoms with Gasteiger partial charge in [-0.3, -0.25) is 14.7 Å². The number of rotatable bonds is 5. The Morgan fingerprint density at radius 1 is 1.63 bits per heavy atom. The SMILES string of the molecule is CCOc1nc(Cl)cc2nn(CCC(=O)NO)cc12. The fraction of sp³-hybridized carbons (Fsp3) is 0.364. The molecule has 2 rings (SSSR count). The quantitative estimate of drug-likeness (QED) is 0.492. The summed E-state index contributed by atoms with van der Waals surface area (Å²) in [6.45, 7) is 2.66. The normalized spacial score (nSPS) is 10.7. The zero-order valence-corrected chi connectivity index (χ0v) is 11.0. The van der Waals surface area contributed by atoms with Crippen molar-refractivity contribution in [3.63, 3.8) is 0 Å². The molecule has 7 nitrogen and oxygen atoms in total. The summed E-state index contributed by atoms with van der Waals surface area (Å²) in [7, 11) is 0. The number of hydroxylamine groups is 1. The number of hydrogen-bond acceptors (Lipinski definition) is 5. The minimum Gasteiger partial charge on any atom is -0.477 e. The lowest BCUT2D eigenvalue weighted by Crippen LogP contribution is -2.20. The molecule has 0 saturated carbocycles. The van der Waals surface area contributed by atoms with Gasteiger partial charge in [-0.1, -0.05) is 11.6 Å². The molecule has 0 spiro atoms. The van der Waals surface area contributed by atoms with Crippen molar-refractivity contribution in [1.29, 1.82) is 0 Å². The van der Waals surface area contributed by atoms with E-state index in [2.05, 4.69) is 10.1 Å². The van der Waals surface area contributed by atoms with Crippen molar-refractivity contribution in [1.82, 2.24) is 20.2 Å². The van der Waals surface area contributed by atoms with E-state index < -0.39 is 5.91 Å². The molecule has 0 aliphatic carbocycles. The van der Waals surface area contributed by atoms with Crippen LogP contribution in [0.4, 0.5) is 0 Å². The van der Waals surface area contributed by atoms with E-state index in [0.717, 1.165) is 5.39 Å². The molecule has 0 unspecified atom stereocenters. The monoisotopic (exact) mass is 284 g/mol. The van der Waals surface area contributed by atoms with E-state index in [1.807, 2.05) is 6.92 Å². The molecule has 0 aromatic carbocycles. The van der Waals surface area contributed by atoms with Crippen molar-refractivity contribution in [2.75, 3.05) is 6.61 Å². The minimum atomic E-state index is -0.472. The highest BCUT2D eigenvalue weighted by atomic mass is 35.5. The first kappa shape index (κ1) is 13.6. The Bertz CT molecular complexity index is 599. The summed E-state index contributed by atoms with van der Waals surface area (Å²) < 4.78 is 6.98. The lowest BCUT2D eigenvalue weighted by molar-refractivity contribution is -0.129. The topological polar surface area (TPSA) is 89.3 Å². The van der Waals surface area contributed by atoms with Crippen molar-refractivity contribution in [2.45, 2.75) is 19.9 Å². The number of nitrogens with zero attached hydrogens (tertiary/aromatic N) is 3. The Morgan fingerprint density at radius 2 is 2.42 bits per heavy atom. The van der Waals surface area contributed by atoms with Gasteiger partial charge in [0.2, 0.25) is 11.8 Å². The predicted octanol–water partition coefficient (Wildman–Crippen LogP) is 1.38. The molecule has 0 radical (unpaired) electrons. The number of ether oxygens (including phenoxy) is 1. The van der Waals surface area contributed by atoms with Gasteiger partial charge in [-0.2, -0.15) is 5.10 Å². The van der Waals surface area contributed by atoms with Crippen molar-refractivity contribution in [3.8, 4) is 5.88 Å². The molecular weight excluding hydrogens is 272 g/mol. The van der Waals surface area contributed by atoms with Gasteiger partial charge in [0, 0.05) is 25.2 Å². The Balaban J connectivity index is 2.28. The number of halogens is 1. The van der Waals surface area contributed by atoms with Gasteiger partial charge < -0.3 is 4.74 Å². The van der Waals surface area contributed by atoms with E-state index in [1.54, 1.807) is 22.4 Å². The van der Waals surface area contributed by atoms with Crippen LogP contribution in [0.3, 0.4) is 0 Å². The van der Waals surface area contributed by atoms with Crippen molar-refractivity contribution in [3.05, 3.63) is 17.4 Å². The molecule has 8 heteroatoms. The average molecular weight is 285 g/mol. The van der Waals surface area contributed by atoms with Crippen LogP contribution in [0.2, 0.25) is 5.15 Å². The molecule has 102 valence electrons. The summed E-state index contributed by atoms with van der Waals surface area (Å²) in [5.41, 5.74) is 2.22. The highest BCUT2D eigenvalue weighted by Crippen LogP contribution is 2.25. The molecule has 0 aliphatic rings. The summed E-state index contributed by atoms with van der Waals surface area (Å²) >= 11 is 5.88. The average Bonchev–Trinajstić information content (AvgIpc) is 2.79. The third kappa shape index (κ3) is 3.12. The number of nitrogens with one attached hydrogen (secondary N) is 1. The Labute approximate surface area is 114 Å². The standard InChI is InChI=1S/C11H13ClN4O3/c1-2-19-11-7-6-16(4-3-10(17)15-18)14-8(7)5-9(12)13-11/h5-6,18H,2-4H2,1H3,(H,15,17).